The lowest BCUT2D eigenvalue weighted by Crippen LogP contribution is -2.31. The van der Waals surface area contributed by atoms with Crippen molar-refractivity contribution in [1.82, 2.24) is 43.6 Å². The van der Waals surface area contributed by atoms with Crippen LogP contribution < -0.4 is 14.7 Å². The number of likely N-dealkylation sites (N-methyl/N-ethyl adjacent to an activating group) is 2. The number of anilines is 3. The maximum Gasteiger partial charge on any atom is 0.416 e. The molecule has 28 nitrogen and oxygen atoms in total. The molecule has 0 fully saturated rings. The second-order valence-corrected chi connectivity index (χ2v) is 31.1. The zero-order valence-corrected chi connectivity index (χ0v) is 69.8. The normalized spacial score (nSPS) is 11.7. The minimum atomic E-state index is -0.531. The number of azo groups is 3. The molecule has 0 radical (unpaired) electrons. The van der Waals surface area contributed by atoms with Crippen LogP contribution in [0.4, 0.5) is 71.5 Å². The third-order valence-corrected chi connectivity index (χ3v) is 21.9. The van der Waals surface area contributed by atoms with E-state index in [9.17, 15) is 20.1 Å². The number of thiazole rings is 3. The van der Waals surface area contributed by atoms with Crippen LogP contribution in [0, 0.1) is 59.8 Å². The van der Waals surface area contributed by atoms with Crippen LogP contribution in [-0.2, 0) is 44.6 Å². The number of hydrogen-bond acceptors (Lipinski definition) is 24. The lowest BCUT2D eigenvalue weighted by molar-refractivity contribution is -0.154. The van der Waals surface area contributed by atoms with Crippen molar-refractivity contribution in [3.8, 4) is 34.7 Å². The van der Waals surface area contributed by atoms with Gasteiger partial charge in [0.15, 0.2) is 41.8 Å². The van der Waals surface area contributed by atoms with Gasteiger partial charge in [0.1, 0.15) is 49.8 Å². The number of imidazole rings is 3. The molecule has 114 heavy (non-hydrogen) atoms. The highest BCUT2D eigenvalue weighted by atomic mass is 32.1. The molecule has 0 aliphatic carbocycles. The van der Waals surface area contributed by atoms with Gasteiger partial charge in [0.25, 0.3) is 23.3 Å². The van der Waals surface area contributed by atoms with Crippen molar-refractivity contribution in [1.29, 1.82) is 10.5 Å². The zero-order chi connectivity index (χ0) is 82.9. The van der Waals surface area contributed by atoms with Crippen LogP contribution >= 0.6 is 34.0 Å². The number of hydrogen-bond donors (Lipinski definition) is 0. The number of ether oxygens (including phenoxy) is 2. The fraction of sp³-hybridized carbons (Fsp3) is 0.398. The summed E-state index contributed by atoms with van der Waals surface area (Å²) >= 11 is 4.22. The van der Waals surface area contributed by atoms with Gasteiger partial charge in [-0.2, -0.15) is 20.5 Å². The summed E-state index contributed by atoms with van der Waals surface area (Å²) in [5.41, 5.74) is 5.85. The van der Waals surface area contributed by atoms with Crippen LogP contribution in [0.2, 0.25) is 0 Å². The molecule has 6 aromatic heterocycles. The van der Waals surface area contributed by atoms with Gasteiger partial charge in [-0.25, -0.2) is 19.5 Å². The average molecular weight is 1590 g/mol. The van der Waals surface area contributed by atoms with E-state index in [1.165, 1.54) is 44.1 Å². The van der Waals surface area contributed by atoms with Crippen LogP contribution in [0.15, 0.2) is 146 Å². The molecule has 10 aromatic rings. The van der Waals surface area contributed by atoms with Crippen LogP contribution in [-0.4, -0.2) is 108 Å². The minimum absolute atomic E-state index is 0.00103. The maximum absolute atomic E-state index is 12.4. The molecule has 0 aliphatic rings. The minimum Gasteiger partial charge on any atom is -0.463 e. The first kappa shape index (κ1) is 87.1. The lowest BCUT2D eigenvalue weighted by atomic mass is 9.91. The highest BCUT2D eigenvalue weighted by Crippen LogP contribution is 2.45. The van der Waals surface area contributed by atoms with E-state index in [1.54, 1.807) is 16.2 Å². The SMILES string of the molecule is [C-]#[N+]c1c(C#N)nc(N=Nc2sc(N(CC)CCOC(=O)C(C)(C)CC)nc2-c2ccccc2)n1Cc1ccccc1.[C-]#[N+]c1c(C#N)nc(N=Nc2sc(N(CC)CCOC(=O)C(C)(C)CC)nc2C(C)(C)C)n1Cc1ccccc1.[C-]#[N+]c1nc(N=Nc2sc(N(CC)CC)nc2-c2ccc(C(C)CC)cc2)n(C)c1[N+]#[C-]. The fourth-order valence-corrected chi connectivity index (χ4v) is 14.1. The van der Waals surface area contributed by atoms with Gasteiger partial charge in [0, 0.05) is 42.7 Å². The van der Waals surface area contributed by atoms with E-state index in [0.29, 0.717) is 83.9 Å². The molecule has 0 aliphatic heterocycles. The van der Waals surface area contributed by atoms with E-state index < -0.39 is 10.8 Å². The molecule has 0 amide bonds. The van der Waals surface area contributed by atoms with Gasteiger partial charge >= 0.3 is 29.8 Å². The van der Waals surface area contributed by atoms with Crippen LogP contribution in [0.3, 0.4) is 0 Å². The third kappa shape index (κ3) is 21.8. The Morgan fingerprint density at radius 1 is 0.500 bits per heavy atom. The summed E-state index contributed by atoms with van der Waals surface area (Å²) in [7, 11) is 1.66. The Balaban J connectivity index is 0.000000216. The molecule has 0 spiro atoms. The average Bonchev–Trinajstić information content (AvgIpc) is 1.66. The molecule has 0 saturated carbocycles. The summed E-state index contributed by atoms with van der Waals surface area (Å²) in [5, 5.41) is 49.9. The van der Waals surface area contributed by atoms with Gasteiger partial charge < -0.3 is 43.6 Å². The summed E-state index contributed by atoms with van der Waals surface area (Å²) in [4.78, 5) is 72.3. The summed E-state index contributed by atoms with van der Waals surface area (Å²) in [6.45, 7) is 65.1. The van der Waals surface area contributed by atoms with Crippen molar-refractivity contribution in [2.45, 2.75) is 148 Å². The third-order valence-electron chi connectivity index (χ3n) is 18.9. The van der Waals surface area contributed by atoms with Gasteiger partial charge in [-0.1, -0.05) is 244 Å². The van der Waals surface area contributed by atoms with Crippen molar-refractivity contribution in [3.63, 3.8) is 0 Å². The molecule has 10 rings (SSSR count). The Bertz CT molecular complexity index is 5290. The van der Waals surface area contributed by atoms with Crippen molar-refractivity contribution < 1.29 is 19.1 Å². The van der Waals surface area contributed by atoms with Crippen LogP contribution in [0.1, 0.15) is 163 Å². The van der Waals surface area contributed by atoms with Gasteiger partial charge in [-0.3, -0.25) is 18.7 Å². The van der Waals surface area contributed by atoms with Gasteiger partial charge in [-0.05, 0) is 97.3 Å². The van der Waals surface area contributed by atoms with Crippen molar-refractivity contribution >= 4 is 117 Å². The number of aromatic nitrogens is 9. The monoisotopic (exact) mass is 1590 g/mol. The Kier molecular flexibility index (Phi) is 31.0. The number of benzene rings is 4. The Morgan fingerprint density at radius 3 is 1.28 bits per heavy atom. The van der Waals surface area contributed by atoms with Crippen LogP contribution in [0.5, 0.6) is 0 Å². The molecule has 4 aromatic carbocycles. The highest BCUT2D eigenvalue weighted by Gasteiger charge is 2.32. The summed E-state index contributed by atoms with van der Waals surface area (Å²) in [6.07, 6.45) is 2.49. The summed E-state index contributed by atoms with van der Waals surface area (Å²) in [5.74, 6) is 1.05. The largest absolute Gasteiger partial charge is 0.463 e. The van der Waals surface area contributed by atoms with E-state index in [2.05, 4.69) is 143 Å². The predicted molar refractivity (Wildman–Crippen MR) is 450 cm³/mol. The van der Waals surface area contributed by atoms with Gasteiger partial charge in [0.2, 0.25) is 0 Å². The first-order valence-electron chi connectivity index (χ1n) is 37.4. The van der Waals surface area contributed by atoms with E-state index >= 15 is 0 Å². The van der Waals surface area contributed by atoms with E-state index in [-0.39, 0.29) is 83.1 Å². The molecular weight excluding hydrogens is 1490 g/mol. The topological polar surface area (TPSA) is 294 Å². The summed E-state index contributed by atoms with van der Waals surface area (Å²) < 4.78 is 15.8. The van der Waals surface area contributed by atoms with E-state index in [0.717, 1.165) is 63.4 Å². The Hall–Kier alpha value is -12.5. The van der Waals surface area contributed by atoms with Crippen molar-refractivity contribution in [2.75, 3.05) is 67.2 Å². The standard InChI is InChI=1S/C31H32N8O2S.C29H36N8O2S.C23H26N8S/c1-6-31(3,4)28(40)41-19-18-38(7-2)30-35-25(23-16-12-9-13-17-23)27(42-30)36-37-29-34-24(20-32)26(33-5)39(29)21-22-14-10-8-11-15-22;1-9-29(6,7)25(38)39-17-16-36(10-2)27-33-22(28(3,4)5)24(40-27)34-35-26-32-21(18-30)23(31-8)37(26)19-20-14-12-11-13-15-20;1-8-15(4)16-11-13-17(14-12-16)18-21(32-23(26-18)31(9-2)10-3)28-29-22-27-19(24-5)20(25-6)30(22)7/h8-17H,6-7,18-19,21H2,1-4H3;11-15H,9-10,16-17,19H2,1-7H3;11-15H,8-10H2,1-4,7H3. The zero-order valence-electron chi connectivity index (χ0n) is 67.3. The van der Waals surface area contributed by atoms with Crippen molar-refractivity contribution in [2.24, 2.45) is 48.6 Å². The number of carbonyl (C=O) groups is 2. The molecule has 0 bridgehead atoms. The van der Waals surface area contributed by atoms with Crippen molar-refractivity contribution in [3.05, 3.63) is 195 Å². The van der Waals surface area contributed by atoms with E-state index in [1.807, 2.05) is 168 Å². The highest BCUT2D eigenvalue weighted by molar-refractivity contribution is 7.20. The van der Waals surface area contributed by atoms with E-state index in [4.69, 9.17) is 50.7 Å². The number of rotatable bonds is 31. The Morgan fingerprint density at radius 2 is 0.895 bits per heavy atom. The summed E-state index contributed by atoms with van der Waals surface area (Å²) in [6, 6.07) is 41.3. The number of nitriles is 2. The quantitative estimate of drug-likeness (QED) is 0.0222. The number of carbonyl (C=O) groups excluding carboxylic acids is 2. The lowest BCUT2D eigenvalue weighted by Gasteiger charge is -2.23. The molecule has 6 heterocycles. The molecule has 1 unspecified atom stereocenters. The fourth-order valence-electron chi connectivity index (χ4n) is 10.9. The molecule has 0 N–H and O–H groups in total. The molecular formula is C83H94N24O4S3. The number of esters is 2. The number of nitrogens with zero attached hydrogens (tertiary/aromatic N) is 24. The molecule has 588 valence electrons. The molecule has 0 saturated heterocycles. The second-order valence-electron chi connectivity index (χ2n) is 28.3. The first-order chi connectivity index (χ1) is 54.7. The van der Waals surface area contributed by atoms with Crippen LogP contribution in [0.25, 0.3) is 41.9 Å². The van der Waals surface area contributed by atoms with Gasteiger partial charge in [-0.15, -0.1) is 15.3 Å². The smallest absolute Gasteiger partial charge is 0.416 e. The van der Waals surface area contributed by atoms with Gasteiger partial charge in [0.05, 0.1) is 36.7 Å². The first-order valence-corrected chi connectivity index (χ1v) is 39.9. The molecule has 31 heteroatoms. The second kappa shape index (κ2) is 40.6. The maximum atomic E-state index is 12.4. The predicted octanol–water partition coefficient (Wildman–Crippen LogP) is 22.4. The Labute approximate surface area is 679 Å². The molecule has 1 atom stereocenters.